The number of benzene rings is 1. The standard InChI is InChI=1S/C20H28N6O4/c1-20(2,3)30-19(28)26-10-8-25(9-11-26)12-13-29-15-7-5-4-6-14(15)16-17(18(21)27)23-24-22-16/h4-7H,8-13H2,1-3H3,(H2,21,27)(H,22,23,24). The molecule has 1 aromatic heterocycles. The van der Waals surface area contributed by atoms with E-state index < -0.39 is 11.5 Å². The molecule has 2 amide bonds. The first kappa shape index (κ1) is 21.6. The van der Waals surface area contributed by atoms with Gasteiger partial charge in [0, 0.05) is 38.3 Å². The maximum absolute atomic E-state index is 12.2. The Morgan fingerprint density at radius 3 is 2.50 bits per heavy atom. The fraction of sp³-hybridized carbons (Fsp3) is 0.500. The number of rotatable bonds is 6. The van der Waals surface area contributed by atoms with Crippen molar-refractivity contribution in [1.29, 1.82) is 0 Å². The molecule has 10 heteroatoms. The molecule has 1 saturated heterocycles. The van der Waals surface area contributed by atoms with Crippen molar-refractivity contribution in [3.8, 4) is 17.0 Å². The average Bonchev–Trinajstić information content (AvgIpc) is 3.17. The topological polar surface area (TPSA) is 127 Å². The van der Waals surface area contributed by atoms with Gasteiger partial charge in [-0.05, 0) is 32.9 Å². The summed E-state index contributed by atoms with van der Waals surface area (Å²) in [5, 5.41) is 10.3. The Balaban J connectivity index is 1.52. The van der Waals surface area contributed by atoms with Crippen LogP contribution in [0, 0.1) is 0 Å². The molecule has 0 radical (unpaired) electrons. The predicted molar refractivity (Wildman–Crippen MR) is 110 cm³/mol. The van der Waals surface area contributed by atoms with Gasteiger partial charge in [0.25, 0.3) is 5.91 Å². The Bertz CT molecular complexity index is 883. The number of carbonyl (C=O) groups is 2. The van der Waals surface area contributed by atoms with Crippen LogP contribution in [0.5, 0.6) is 5.75 Å². The molecule has 1 aromatic carbocycles. The highest BCUT2D eigenvalue weighted by molar-refractivity contribution is 5.97. The molecular weight excluding hydrogens is 388 g/mol. The van der Waals surface area contributed by atoms with Crippen LogP contribution in [-0.2, 0) is 4.74 Å². The predicted octanol–water partition coefficient (Wildman–Crippen LogP) is 1.50. The summed E-state index contributed by atoms with van der Waals surface area (Å²) in [6, 6.07) is 7.30. The Morgan fingerprint density at radius 2 is 1.83 bits per heavy atom. The fourth-order valence-electron chi connectivity index (χ4n) is 3.14. The van der Waals surface area contributed by atoms with Crippen LogP contribution in [0.4, 0.5) is 4.79 Å². The lowest BCUT2D eigenvalue weighted by molar-refractivity contribution is 0.0137. The van der Waals surface area contributed by atoms with E-state index in [2.05, 4.69) is 20.3 Å². The number of carbonyl (C=O) groups excluding carboxylic acids is 2. The molecule has 3 N–H and O–H groups in total. The van der Waals surface area contributed by atoms with E-state index in [0.29, 0.717) is 43.2 Å². The number of primary amides is 1. The molecule has 0 aliphatic carbocycles. The van der Waals surface area contributed by atoms with E-state index in [9.17, 15) is 9.59 Å². The summed E-state index contributed by atoms with van der Waals surface area (Å²) in [6.07, 6.45) is -0.273. The number of amides is 2. The van der Waals surface area contributed by atoms with E-state index >= 15 is 0 Å². The van der Waals surface area contributed by atoms with Gasteiger partial charge in [-0.3, -0.25) is 9.69 Å². The third-order valence-corrected chi connectivity index (χ3v) is 4.61. The van der Waals surface area contributed by atoms with Crippen LogP contribution in [0.15, 0.2) is 24.3 Å². The minimum absolute atomic E-state index is 0.0734. The van der Waals surface area contributed by atoms with E-state index in [0.717, 1.165) is 13.1 Å². The minimum Gasteiger partial charge on any atom is -0.492 e. The lowest BCUT2D eigenvalue weighted by Gasteiger charge is -2.35. The molecule has 0 saturated carbocycles. The smallest absolute Gasteiger partial charge is 0.410 e. The van der Waals surface area contributed by atoms with Crippen LogP contribution in [0.1, 0.15) is 31.3 Å². The maximum Gasteiger partial charge on any atom is 0.410 e. The van der Waals surface area contributed by atoms with Crippen LogP contribution >= 0.6 is 0 Å². The number of nitrogens with one attached hydrogen (secondary N) is 1. The molecule has 0 bridgehead atoms. The van der Waals surface area contributed by atoms with Gasteiger partial charge in [0.1, 0.15) is 23.7 Å². The molecule has 10 nitrogen and oxygen atoms in total. The molecule has 162 valence electrons. The summed E-state index contributed by atoms with van der Waals surface area (Å²) in [5.74, 6) is -0.0577. The molecule has 1 aliphatic heterocycles. The maximum atomic E-state index is 12.2. The first-order chi connectivity index (χ1) is 14.2. The average molecular weight is 416 g/mol. The second-order valence-electron chi connectivity index (χ2n) is 8.04. The van der Waals surface area contributed by atoms with Crippen LogP contribution in [-0.4, -0.2) is 82.1 Å². The number of H-pyrrole nitrogens is 1. The molecular formula is C20H28N6O4. The Kier molecular flexibility index (Phi) is 6.56. The molecule has 2 heterocycles. The van der Waals surface area contributed by atoms with Crippen molar-refractivity contribution in [3.05, 3.63) is 30.0 Å². The van der Waals surface area contributed by atoms with E-state index in [1.165, 1.54) is 0 Å². The van der Waals surface area contributed by atoms with Crippen molar-refractivity contribution in [1.82, 2.24) is 25.2 Å². The van der Waals surface area contributed by atoms with E-state index in [4.69, 9.17) is 15.2 Å². The van der Waals surface area contributed by atoms with Crippen LogP contribution in [0.2, 0.25) is 0 Å². The van der Waals surface area contributed by atoms with E-state index in [1.807, 2.05) is 39.0 Å². The first-order valence-corrected chi connectivity index (χ1v) is 9.87. The number of nitrogens with zero attached hydrogens (tertiary/aromatic N) is 4. The van der Waals surface area contributed by atoms with Gasteiger partial charge in [0.15, 0.2) is 5.69 Å². The summed E-state index contributed by atoms with van der Waals surface area (Å²) >= 11 is 0. The highest BCUT2D eigenvalue weighted by Gasteiger charge is 2.26. The molecule has 30 heavy (non-hydrogen) atoms. The molecule has 1 fully saturated rings. The van der Waals surface area contributed by atoms with Crippen molar-refractivity contribution in [2.45, 2.75) is 26.4 Å². The number of nitrogens with two attached hydrogens (primary N) is 1. The number of aromatic amines is 1. The lowest BCUT2D eigenvalue weighted by atomic mass is 10.1. The Labute approximate surface area is 175 Å². The molecule has 0 spiro atoms. The monoisotopic (exact) mass is 416 g/mol. The van der Waals surface area contributed by atoms with E-state index in [1.54, 1.807) is 11.0 Å². The van der Waals surface area contributed by atoms with Crippen molar-refractivity contribution >= 4 is 12.0 Å². The van der Waals surface area contributed by atoms with Gasteiger partial charge >= 0.3 is 6.09 Å². The van der Waals surface area contributed by atoms with Crippen molar-refractivity contribution in [2.24, 2.45) is 5.73 Å². The normalized spacial score (nSPS) is 15.1. The third-order valence-electron chi connectivity index (χ3n) is 4.61. The largest absolute Gasteiger partial charge is 0.492 e. The van der Waals surface area contributed by atoms with Crippen LogP contribution in [0.25, 0.3) is 11.3 Å². The van der Waals surface area contributed by atoms with Crippen molar-refractivity contribution in [2.75, 3.05) is 39.3 Å². The highest BCUT2D eigenvalue weighted by Crippen LogP contribution is 2.29. The summed E-state index contributed by atoms with van der Waals surface area (Å²) in [5.41, 5.74) is 5.96. The first-order valence-electron chi connectivity index (χ1n) is 9.87. The van der Waals surface area contributed by atoms with Gasteiger partial charge < -0.3 is 20.1 Å². The van der Waals surface area contributed by atoms with Crippen molar-refractivity contribution in [3.63, 3.8) is 0 Å². The SMILES string of the molecule is CC(C)(C)OC(=O)N1CCN(CCOc2ccccc2-c2n[nH]nc2C(N)=O)CC1. The molecule has 0 atom stereocenters. The zero-order chi connectivity index (χ0) is 21.7. The number of hydrogen-bond acceptors (Lipinski definition) is 7. The highest BCUT2D eigenvalue weighted by atomic mass is 16.6. The van der Waals surface area contributed by atoms with Crippen LogP contribution < -0.4 is 10.5 Å². The minimum atomic E-state index is -0.656. The molecule has 0 unspecified atom stereocenters. The van der Waals surface area contributed by atoms with Gasteiger partial charge in [-0.25, -0.2) is 4.79 Å². The Morgan fingerprint density at radius 1 is 1.13 bits per heavy atom. The van der Waals surface area contributed by atoms with Crippen molar-refractivity contribution < 1.29 is 19.1 Å². The number of hydrogen-bond donors (Lipinski definition) is 2. The zero-order valence-electron chi connectivity index (χ0n) is 17.6. The summed E-state index contributed by atoms with van der Waals surface area (Å²) in [7, 11) is 0. The Hall–Kier alpha value is -3.14. The number of ether oxygens (including phenoxy) is 2. The molecule has 3 rings (SSSR count). The van der Waals surface area contributed by atoms with Gasteiger partial charge in [-0.1, -0.05) is 12.1 Å². The second kappa shape index (κ2) is 9.12. The summed E-state index contributed by atoms with van der Waals surface area (Å²) in [6.45, 7) is 9.48. The second-order valence-corrected chi connectivity index (χ2v) is 8.04. The number of piperazine rings is 1. The van der Waals surface area contributed by atoms with E-state index in [-0.39, 0.29) is 11.8 Å². The van der Waals surface area contributed by atoms with Gasteiger partial charge in [0.05, 0.1) is 0 Å². The third kappa shape index (κ3) is 5.47. The quantitative estimate of drug-likeness (QED) is 0.730. The number of para-hydroxylation sites is 1. The van der Waals surface area contributed by atoms with Crippen LogP contribution in [0.3, 0.4) is 0 Å². The number of aromatic nitrogens is 3. The zero-order valence-corrected chi connectivity index (χ0v) is 17.6. The van der Waals surface area contributed by atoms with Gasteiger partial charge in [-0.2, -0.15) is 15.4 Å². The molecule has 2 aromatic rings. The molecule has 1 aliphatic rings. The lowest BCUT2D eigenvalue weighted by Crippen LogP contribution is -2.50. The summed E-state index contributed by atoms with van der Waals surface area (Å²) in [4.78, 5) is 27.7. The summed E-state index contributed by atoms with van der Waals surface area (Å²) < 4.78 is 11.4. The van der Waals surface area contributed by atoms with Gasteiger partial charge in [-0.15, -0.1) is 0 Å². The van der Waals surface area contributed by atoms with Gasteiger partial charge in [0.2, 0.25) is 0 Å². The fourth-order valence-corrected chi connectivity index (χ4v) is 3.14.